The van der Waals surface area contributed by atoms with Gasteiger partial charge in [0.15, 0.2) is 0 Å². The summed E-state index contributed by atoms with van der Waals surface area (Å²) in [5.41, 5.74) is 6.82. The lowest BCUT2D eigenvalue weighted by atomic mass is 9.71. The zero-order valence-corrected chi connectivity index (χ0v) is 12.7. The summed E-state index contributed by atoms with van der Waals surface area (Å²) in [6, 6.07) is 3.75. The molecule has 116 valence electrons. The Balaban J connectivity index is 1.89. The normalized spacial score (nSPS) is 17.2. The third-order valence-electron chi connectivity index (χ3n) is 4.40. The summed E-state index contributed by atoms with van der Waals surface area (Å²) in [4.78, 5) is 16.3. The summed E-state index contributed by atoms with van der Waals surface area (Å²) in [6.07, 6.45) is 7.94. The van der Waals surface area contributed by atoms with Crippen molar-refractivity contribution in [1.29, 1.82) is 0 Å². The number of nitrogens with one attached hydrogen (secondary N) is 1. The molecule has 0 saturated heterocycles. The Bertz CT molecular complexity index is 470. The molecule has 1 aromatic rings. The molecule has 0 radical (unpaired) electrons. The van der Waals surface area contributed by atoms with Crippen molar-refractivity contribution in [3.05, 3.63) is 23.9 Å². The molecule has 1 aromatic heterocycles. The van der Waals surface area contributed by atoms with Crippen molar-refractivity contribution in [3.63, 3.8) is 0 Å². The zero-order chi connectivity index (χ0) is 15.1. The molecule has 5 heteroatoms. The second kappa shape index (κ2) is 7.41. The van der Waals surface area contributed by atoms with Gasteiger partial charge in [-0.2, -0.15) is 0 Å². The van der Waals surface area contributed by atoms with Gasteiger partial charge in [-0.25, -0.2) is 4.98 Å². The number of methoxy groups -OCH3 is 1. The van der Waals surface area contributed by atoms with Crippen LogP contribution in [-0.4, -0.2) is 24.5 Å². The van der Waals surface area contributed by atoms with Gasteiger partial charge in [0.1, 0.15) is 0 Å². The Labute approximate surface area is 126 Å². The highest BCUT2D eigenvalue weighted by Crippen LogP contribution is 2.38. The van der Waals surface area contributed by atoms with Crippen LogP contribution in [0, 0.1) is 5.41 Å². The summed E-state index contributed by atoms with van der Waals surface area (Å²) >= 11 is 0. The van der Waals surface area contributed by atoms with E-state index in [0.717, 1.165) is 18.4 Å². The second-order valence-electron chi connectivity index (χ2n) is 5.89. The third kappa shape index (κ3) is 4.17. The first-order valence-corrected chi connectivity index (χ1v) is 7.64. The Hall–Kier alpha value is -1.62. The molecular formula is C16H25N3O2. The number of pyridine rings is 1. The van der Waals surface area contributed by atoms with Crippen molar-refractivity contribution in [3.8, 4) is 5.88 Å². The molecule has 5 nitrogen and oxygen atoms in total. The molecule has 1 aliphatic carbocycles. The highest BCUT2D eigenvalue weighted by molar-refractivity contribution is 5.76. The largest absolute Gasteiger partial charge is 0.481 e. The van der Waals surface area contributed by atoms with E-state index in [9.17, 15) is 4.79 Å². The lowest BCUT2D eigenvalue weighted by Gasteiger charge is -2.35. The monoisotopic (exact) mass is 291 g/mol. The standard InChI is InChI=1S/C16H25N3O2/c1-21-15-13(6-5-9-18-15)11-19-14(20)10-16(12-17)7-3-2-4-8-16/h5-6,9H,2-4,7-8,10-12,17H2,1H3,(H,19,20). The number of carbonyl (C=O) groups excluding carboxylic acids is 1. The van der Waals surface area contributed by atoms with E-state index in [1.54, 1.807) is 13.3 Å². The van der Waals surface area contributed by atoms with E-state index in [4.69, 9.17) is 10.5 Å². The molecule has 0 unspecified atom stereocenters. The van der Waals surface area contributed by atoms with Gasteiger partial charge in [-0.15, -0.1) is 0 Å². The van der Waals surface area contributed by atoms with Crippen molar-refractivity contribution in [1.82, 2.24) is 10.3 Å². The average molecular weight is 291 g/mol. The minimum Gasteiger partial charge on any atom is -0.481 e. The lowest BCUT2D eigenvalue weighted by molar-refractivity contribution is -0.124. The minimum atomic E-state index is 0.00135. The van der Waals surface area contributed by atoms with Crippen LogP contribution in [-0.2, 0) is 11.3 Å². The van der Waals surface area contributed by atoms with Crippen LogP contribution in [0.15, 0.2) is 18.3 Å². The van der Waals surface area contributed by atoms with Crippen molar-refractivity contribution in [2.45, 2.75) is 45.1 Å². The van der Waals surface area contributed by atoms with Crippen LogP contribution < -0.4 is 15.8 Å². The molecule has 1 aliphatic rings. The van der Waals surface area contributed by atoms with Gasteiger partial charge in [0.25, 0.3) is 0 Å². The molecule has 0 bridgehead atoms. The topological polar surface area (TPSA) is 77.2 Å². The molecule has 3 N–H and O–H groups in total. The number of nitrogens with two attached hydrogens (primary N) is 1. The highest BCUT2D eigenvalue weighted by Gasteiger charge is 2.32. The van der Waals surface area contributed by atoms with Gasteiger partial charge >= 0.3 is 0 Å². The van der Waals surface area contributed by atoms with Crippen LogP contribution in [0.2, 0.25) is 0 Å². The number of ether oxygens (including phenoxy) is 1. The van der Waals surface area contributed by atoms with E-state index in [1.165, 1.54) is 19.3 Å². The average Bonchev–Trinajstić information content (AvgIpc) is 2.54. The summed E-state index contributed by atoms with van der Waals surface area (Å²) in [6.45, 7) is 1.03. The molecule has 1 heterocycles. The second-order valence-corrected chi connectivity index (χ2v) is 5.89. The Kier molecular flexibility index (Phi) is 5.56. The fourth-order valence-corrected chi connectivity index (χ4v) is 3.09. The molecule has 1 amide bonds. The quantitative estimate of drug-likeness (QED) is 0.840. The van der Waals surface area contributed by atoms with E-state index in [2.05, 4.69) is 10.3 Å². The molecular weight excluding hydrogens is 266 g/mol. The maximum absolute atomic E-state index is 12.2. The summed E-state index contributed by atoms with van der Waals surface area (Å²) in [7, 11) is 1.58. The van der Waals surface area contributed by atoms with Gasteiger partial charge < -0.3 is 15.8 Å². The first kappa shape index (κ1) is 15.8. The Morgan fingerprint density at radius 3 is 2.86 bits per heavy atom. The molecule has 0 aliphatic heterocycles. The summed E-state index contributed by atoms with van der Waals surface area (Å²) in [5.74, 6) is 0.622. The predicted molar refractivity (Wildman–Crippen MR) is 81.8 cm³/mol. The number of amides is 1. The van der Waals surface area contributed by atoms with E-state index >= 15 is 0 Å². The van der Waals surface area contributed by atoms with Crippen LogP contribution in [0.5, 0.6) is 5.88 Å². The molecule has 21 heavy (non-hydrogen) atoms. The van der Waals surface area contributed by atoms with Gasteiger partial charge in [0, 0.05) is 24.7 Å². The number of carbonyl (C=O) groups is 1. The first-order chi connectivity index (χ1) is 10.2. The molecule has 2 rings (SSSR count). The Morgan fingerprint density at radius 1 is 1.43 bits per heavy atom. The molecule has 0 aromatic carbocycles. The SMILES string of the molecule is COc1ncccc1CNC(=O)CC1(CN)CCCCC1. The fraction of sp³-hybridized carbons (Fsp3) is 0.625. The van der Waals surface area contributed by atoms with Crippen LogP contribution in [0.25, 0.3) is 0 Å². The van der Waals surface area contributed by atoms with Crippen molar-refractivity contribution in [2.75, 3.05) is 13.7 Å². The number of rotatable bonds is 6. The summed E-state index contributed by atoms with van der Waals surface area (Å²) < 4.78 is 5.19. The van der Waals surface area contributed by atoms with E-state index in [-0.39, 0.29) is 11.3 Å². The van der Waals surface area contributed by atoms with Gasteiger partial charge in [-0.1, -0.05) is 25.3 Å². The van der Waals surface area contributed by atoms with E-state index in [0.29, 0.717) is 25.4 Å². The third-order valence-corrected chi connectivity index (χ3v) is 4.40. The fourth-order valence-electron chi connectivity index (χ4n) is 3.09. The lowest BCUT2D eigenvalue weighted by Crippen LogP contribution is -2.38. The van der Waals surface area contributed by atoms with Gasteiger partial charge in [0.2, 0.25) is 11.8 Å². The molecule has 1 saturated carbocycles. The van der Waals surface area contributed by atoms with Crippen LogP contribution >= 0.6 is 0 Å². The van der Waals surface area contributed by atoms with Crippen molar-refractivity contribution in [2.24, 2.45) is 11.1 Å². The van der Waals surface area contributed by atoms with Gasteiger partial charge in [0.05, 0.1) is 7.11 Å². The molecule has 0 spiro atoms. The predicted octanol–water partition coefficient (Wildman–Crippen LogP) is 2.01. The Morgan fingerprint density at radius 2 is 2.19 bits per heavy atom. The molecule has 0 atom stereocenters. The zero-order valence-electron chi connectivity index (χ0n) is 12.7. The maximum atomic E-state index is 12.2. The van der Waals surface area contributed by atoms with Gasteiger partial charge in [-0.05, 0) is 30.9 Å². The van der Waals surface area contributed by atoms with E-state index in [1.807, 2.05) is 12.1 Å². The first-order valence-electron chi connectivity index (χ1n) is 7.64. The number of nitrogens with zero attached hydrogens (tertiary/aromatic N) is 1. The number of aromatic nitrogens is 1. The van der Waals surface area contributed by atoms with Crippen LogP contribution in [0.4, 0.5) is 0 Å². The number of hydrogen-bond donors (Lipinski definition) is 2. The minimum absolute atomic E-state index is 0.00135. The smallest absolute Gasteiger partial charge is 0.220 e. The summed E-state index contributed by atoms with van der Waals surface area (Å²) in [5, 5.41) is 2.97. The number of hydrogen-bond acceptors (Lipinski definition) is 4. The molecule has 1 fully saturated rings. The van der Waals surface area contributed by atoms with Crippen LogP contribution in [0.1, 0.15) is 44.1 Å². The van der Waals surface area contributed by atoms with Gasteiger partial charge in [-0.3, -0.25) is 4.79 Å². The maximum Gasteiger partial charge on any atom is 0.220 e. The van der Waals surface area contributed by atoms with Crippen molar-refractivity contribution < 1.29 is 9.53 Å². The van der Waals surface area contributed by atoms with Crippen molar-refractivity contribution >= 4 is 5.91 Å². The van der Waals surface area contributed by atoms with Crippen LogP contribution in [0.3, 0.4) is 0 Å². The van der Waals surface area contributed by atoms with E-state index < -0.39 is 0 Å². The highest BCUT2D eigenvalue weighted by atomic mass is 16.5.